The third kappa shape index (κ3) is 5.87. The number of thioether (sulfide) groups is 1. The SMILES string of the molecule is Cc1cc(OCCSC(C)CCO)ccc1C(C)C. The number of aryl methyl sites for hydroxylation is 1. The predicted molar refractivity (Wildman–Crippen MR) is 84.4 cm³/mol. The summed E-state index contributed by atoms with van der Waals surface area (Å²) in [7, 11) is 0. The molecular weight excluding hydrogens is 256 g/mol. The molecule has 0 aromatic heterocycles. The summed E-state index contributed by atoms with van der Waals surface area (Å²) in [6.07, 6.45) is 0.854. The lowest BCUT2D eigenvalue weighted by Crippen LogP contribution is -2.06. The molecule has 0 aliphatic heterocycles. The fourth-order valence-electron chi connectivity index (χ4n) is 2.06. The molecule has 108 valence electrons. The van der Waals surface area contributed by atoms with E-state index in [-0.39, 0.29) is 6.61 Å². The van der Waals surface area contributed by atoms with E-state index in [1.165, 1.54) is 11.1 Å². The molecular formula is C16H26O2S. The summed E-state index contributed by atoms with van der Waals surface area (Å²) in [6, 6.07) is 6.35. The van der Waals surface area contributed by atoms with Gasteiger partial charge in [0, 0.05) is 17.6 Å². The topological polar surface area (TPSA) is 29.5 Å². The van der Waals surface area contributed by atoms with Gasteiger partial charge in [0.05, 0.1) is 6.61 Å². The summed E-state index contributed by atoms with van der Waals surface area (Å²) < 4.78 is 5.77. The zero-order valence-electron chi connectivity index (χ0n) is 12.5. The molecule has 3 heteroatoms. The van der Waals surface area contributed by atoms with Gasteiger partial charge in [0.2, 0.25) is 0 Å². The minimum atomic E-state index is 0.269. The molecule has 0 spiro atoms. The van der Waals surface area contributed by atoms with Crippen LogP contribution in [0.1, 0.15) is 44.2 Å². The minimum Gasteiger partial charge on any atom is -0.493 e. The first-order chi connectivity index (χ1) is 9.04. The van der Waals surface area contributed by atoms with Crippen molar-refractivity contribution in [1.82, 2.24) is 0 Å². The Morgan fingerprint density at radius 3 is 2.58 bits per heavy atom. The van der Waals surface area contributed by atoms with Crippen molar-refractivity contribution in [3.63, 3.8) is 0 Å². The van der Waals surface area contributed by atoms with Crippen molar-refractivity contribution < 1.29 is 9.84 Å². The van der Waals surface area contributed by atoms with Gasteiger partial charge >= 0.3 is 0 Å². The Hall–Kier alpha value is -0.670. The Morgan fingerprint density at radius 2 is 2.00 bits per heavy atom. The third-order valence-electron chi connectivity index (χ3n) is 3.15. The summed E-state index contributed by atoms with van der Waals surface area (Å²) in [4.78, 5) is 0. The van der Waals surface area contributed by atoms with Crippen molar-refractivity contribution in [2.24, 2.45) is 0 Å². The summed E-state index contributed by atoms with van der Waals surface area (Å²) >= 11 is 1.85. The first-order valence-electron chi connectivity index (χ1n) is 7.00. The molecule has 0 aliphatic rings. The highest BCUT2D eigenvalue weighted by molar-refractivity contribution is 7.99. The lowest BCUT2D eigenvalue weighted by molar-refractivity contribution is 0.288. The van der Waals surface area contributed by atoms with Crippen LogP contribution in [0.3, 0.4) is 0 Å². The van der Waals surface area contributed by atoms with Crippen LogP contribution in [0, 0.1) is 6.92 Å². The van der Waals surface area contributed by atoms with Crippen LogP contribution in [-0.4, -0.2) is 29.3 Å². The van der Waals surface area contributed by atoms with E-state index in [1.807, 2.05) is 11.8 Å². The van der Waals surface area contributed by atoms with E-state index in [0.717, 1.165) is 24.5 Å². The molecule has 19 heavy (non-hydrogen) atoms. The molecule has 1 aromatic carbocycles. The first kappa shape index (κ1) is 16.4. The molecule has 0 heterocycles. The largest absolute Gasteiger partial charge is 0.493 e. The van der Waals surface area contributed by atoms with Crippen LogP contribution in [0.4, 0.5) is 0 Å². The second kappa shape index (κ2) is 8.49. The van der Waals surface area contributed by atoms with E-state index in [1.54, 1.807) is 0 Å². The van der Waals surface area contributed by atoms with Crippen LogP contribution in [0.2, 0.25) is 0 Å². The van der Waals surface area contributed by atoms with Gasteiger partial charge in [-0.2, -0.15) is 11.8 Å². The number of ether oxygens (including phenoxy) is 1. The van der Waals surface area contributed by atoms with Gasteiger partial charge in [0.25, 0.3) is 0 Å². The number of benzene rings is 1. The van der Waals surface area contributed by atoms with Crippen LogP contribution in [0.5, 0.6) is 5.75 Å². The van der Waals surface area contributed by atoms with Crippen molar-refractivity contribution in [2.45, 2.75) is 45.3 Å². The fourth-order valence-corrected chi connectivity index (χ4v) is 2.91. The van der Waals surface area contributed by atoms with Crippen LogP contribution < -0.4 is 4.74 Å². The number of aliphatic hydroxyl groups excluding tert-OH is 1. The van der Waals surface area contributed by atoms with Crippen molar-refractivity contribution in [3.05, 3.63) is 29.3 Å². The molecule has 0 radical (unpaired) electrons. The second-order valence-corrected chi connectivity index (χ2v) is 6.76. The van der Waals surface area contributed by atoms with E-state index in [9.17, 15) is 0 Å². The maximum absolute atomic E-state index is 8.83. The highest BCUT2D eigenvalue weighted by atomic mass is 32.2. The van der Waals surface area contributed by atoms with Crippen LogP contribution in [-0.2, 0) is 0 Å². The molecule has 0 bridgehead atoms. The lowest BCUT2D eigenvalue weighted by Gasteiger charge is -2.13. The van der Waals surface area contributed by atoms with Crippen LogP contribution in [0.25, 0.3) is 0 Å². The van der Waals surface area contributed by atoms with Gasteiger partial charge in [-0.15, -0.1) is 0 Å². The predicted octanol–water partition coefficient (Wildman–Crippen LogP) is 4.00. The van der Waals surface area contributed by atoms with Crippen LogP contribution in [0.15, 0.2) is 18.2 Å². The number of hydrogen-bond acceptors (Lipinski definition) is 3. The molecule has 0 amide bonds. The Balaban J connectivity index is 2.36. The van der Waals surface area contributed by atoms with E-state index >= 15 is 0 Å². The number of hydrogen-bond donors (Lipinski definition) is 1. The lowest BCUT2D eigenvalue weighted by atomic mass is 9.98. The summed E-state index contributed by atoms with van der Waals surface area (Å²) in [5.41, 5.74) is 2.69. The Labute approximate surface area is 121 Å². The summed E-state index contributed by atoms with van der Waals surface area (Å²) in [5, 5.41) is 9.33. The van der Waals surface area contributed by atoms with Gasteiger partial charge in [-0.3, -0.25) is 0 Å². The van der Waals surface area contributed by atoms with Gasteiger partial charge in [-0.05, 0) is 42.5 Å². The number of rotatable bonds is 8. The Kier molecular flexibility index (Phi) is 7.32. The monoisotopic (exact) mass is 282 g/mol. The zero-order valence-corrected chi connectivity index (χ0v) is 13.3. The van der Waals surface area contributed by atoms with Crippen molar-refractivity contribution >= 4 is 11.8 Å². The van der Waals surface area contributed by atoms with Gasteiger partial charge in [-0.1, -0.05) is 26.8 Å². The highest BCUT2D eigenvalue weighted by Gasteiger charge is 2.05. The molecule has 0 saturated heterocycles. The van der Waals surface area contributed by atoms with Gasteiger partial charge in [0.1, 0.15) is 5.75 Å². The van der Waals surface area contributed by atoms with Gasteiger partial charge in [0.15, 0.2) is 0 Å². The molecule has 0 fully saturated rings. The first-order valence-corrected chi connectivity index (χ1v) is 8.05. The minimum absolute atomic E-state index is 0.269. The average molecular weight is 282 g/mol. The zero-order chi connectivity index (χ0) is 14.3. The quantitative estimate of drug-likeness (QED) is 0.731. The van der Waals surface area contributed by atoms with Crippen molar-refractivity contribution in [2.75, 3.05) is 19.0 Å². The van der Waals surface area contributed by atoms with E-state index in [4.69, 9.17) is 9.84 Å². The van der Waals surface area contributed by atoms with E-state index in [0.29, 0.717) is 11.2 Å². The molecule has 1 aromatic rings. The molecule has 0 aliphatic carbocycles. The normalized spacial score (nSPS) is 12.7. The Morgan fingerprint density at radius 1 is 1.26 bits per heavy atom. The van der Waals surface area contributed by atoms with E-state index in [2.05, 4.69) is 45.9 Å². The van der Waals surface area contributed by atoms with E-state index < -0.39 is 0 Å². The molecule has 2 nitrogen and oxygen atoms in total. The van der Waals surface area contributed by atoms with Gasteiger partial charge in [-0.25, -0.2) is 0 Å². The maximum atomic E-state index is 8.83. The summed E-state index contributed by atoms with van der Waals surface area (Å²) in [5.74, 6) is 2.48. The second-order valence-electron chi connectivity index (χ2n) is 5.22. The standard InChI is InChI=1S/C16H26O2S/c1-12(2)16-6-5-15(11-13(16)3)18-9-10-19-14(4)7-8-17/h5-6,11-12,14,17H,7-10H2,1-4H3. The van der Waals surface area contributed by atoms with Crippen LogP contribution >= 0.6 is 11.8 Å². The highest BCUT2D eigenvalue weighted by Crippen LogP contribution is 2.23. The third-order valence-corrected chi connectivity index (χ3v) is 4.36. The maximum Gasteiger partial charge on any atom is 0.119 e. The average Bonchev–Trinajstić information content (AvgIpc) is 2.34. The summed E-state index contributed by atoms with van der Waals surface area (Å²) in [6.45, 7) is 9.69. The molecule has 1 N–H and O–H groups in total. The molecule has 1 unspecified atom stereocenters. The van der Waals surface area contributed by atoms with Gasteiger partial charge < -0.3 is 9.84 Å². The van der Waals surface area contributed by atoms with Crippen molar-refractivity contribution in [1.29, 1.82) is 0 Å². The fraction of sp³-hybridized carbons (Fsp3) is 0.625. The molecule has 0 saturated carbocycles. The molecule has 1 atom stereocenters. The Bertz CT molecular complexity index is 377. The smallest absolute Gasteiger partial charge is 0.119 e. The number of aliphatic hydroxyl groups is 1. The molecule has 1 rings (SSSR count). The van der Waals surface area contributed by atoms with Crippen molar-refractivity contribution in [3.8, 4) is 5.75 Å².